The molecule has 6 heteroatoms. The van der Waals surface area contributed by atoms with E-state index in [9.17, 15) is 10.1 Å². The zero-order chi connectivity index (χ0) is 16.8. The predicted molar refractivity (Wildman–Crippen MR) is 90.5 cm³/mol. The lowest BCUT2D eigenvalue weighted by Gasteiger charge is -2.11. The van der Waals surface area contributed by atoms with Gasteiger partial charge in [0.2, 0.25) is 0 Å². The summed E-state index contributed by atoms with van der Waals surface area (Å²) in [4.78, 5) is 19.0. The van der Waals surface area contributed by atoms with E-state index >= 15 is 0 Å². The summed E-state index contributed by atoms with van der Waals surface area (Å²) in [7, 11) is 0. The minimum atomic E-state index is -0.437. The van der Waals surface area contributed by atoms with Gasteiger partial charge in [-0.2, -0.15) is 5.26 Å². The molecule has 0 radical (unpaired) electrons. The van der Waals surface area contributed by atoms with Crippen molar-refractivity contribution in [1.29, 1.82) is 5.26 Å². The maximum Gasteiger partial charge on any atom is 0.270 e. The van der Waals surface area contributed by atoms with Crippen LogP contribution < -0.4 is 10.3 Å². The molecule has 23 heavy (non-hydrogen) atoms. The summed E-state index contributed by atoms with van der Waals surface area (Å²) in [5, 5.41) is 9.73. The summed E-state index contributed by atoms with van der Waals surface area (Å²) in [6.07, 6.45) is 7.75. The average molecular weight is 325 g/mol. The Morgan fingerprint density at radius 2 is 2.26 bits per heavy atom. The lowest BCUT2D eigenvalue weighted by Crippen LogP contribution is -2.14. The Balaban J connectivity index is 2.59. The zero-order valence-electron chi connectivity index (χ0n) is 12.8. The van der Waals surface area contributed by atoms with Crippen LogP contribution in [-0.2, 0) is 6.42 Å². The molecule has 0 aliphatic heterocycles. The molecule has 5 nitrogen and oxygen atoms in total. The monoisotopic (exact) mass is 325 g/mol. The number of aromatic amines is 1. The van der Waals surface area contributed by atoms with E-state index in [2.05, 4.69) is 15.9 Å². The Kier molecular flexibility index (Phi) is 5.46. The van der Waals surface area contributed by atoms with Crippen molar-refractivity contribution in [3.8, 4) is 35.4 Å². The van der Waals surface area contributed by atoms with Gasteiger partial charge in [0.1, 0.15) is 24.0 Å². The smallest absolute Gasteiger partial charge is 0.270 e. The molecule has 1 aromatic heterocycles. The predicted octanol–water partition coefficient (Wildman–Crippen LogP) is 2.60. The Morgan fingerprint density at radius 1 is 1.48 bits per heavy atom. The van der Waals surface area contributed by atoms with Crippen LogP contribution in [0.5, 0.6) is 5.75 Å². The van der Waals surface area contributed by atoms with Gasteiger partial charge in [-0.1, -0.05) is 24.6 Å². The first-order chi connectivity index (χ1) is 11.1. The van der Waals surface area contributed by atoms with Gasteiger partial charge in [0.15, 0.2) is 5.16 Å². The SMILES string of the molecule is C#CCOc1ccc(-c2nc(SC)[nH]c(=O)c2C#N)cc1CC. The molecule has 0 aliphatic carbocycles. The number of nitrogens with zero attached hydrogens (tertiary/aromatic N) is 2. The number of aryl methyl sites for hydroxylation is 1. The molecular formula is C17H15N3O2S. The standard InChI is InChI=1S/C17H15N3O2S/c1-4-8-22-14-7-6-12(9-11(14)5-2)15-13(10-18)16(21)20-17(19-15)23-3/h1,6-7,9H,5,8H2,2-3H3,(H,19,20,21). The molecule has 0 amide bonds. The van der Waals surface area contributed by atoms with Crippen LogP contribution in [-0.4, -0.2) is 22.8 Å². The number of H-pyrrole nitrogens is 1. The van der Waals surface area contributed by atoms with Crippen molar-refractivity contribution >= 4 is 11.8 Å². The lowest BCUT2D eigenvalue weighted by molar-refractivity contribution is 0.366. The number of thioether (sulfide) groups is 1. The van der Waals surface area contributed by atoms with E-state index in [0.29, 0.717) is 22.2 Å². The Labute approximate surface area is 138 Å². The van der Waals surface area contributed by atoms with Gasteiger partial charge >= 0.3 is 0 Å². The van der Waals surface area contributed by atoms with Crippen molar-refractivity contribution in [2.45, 2.75) is 18.5 Å². The molecule has 1 heterocycles. The largest absolute Gasteiger partial charge is 0.481 e. The fourth-order valence-corrected chi connectivity index (χ4v) is 2.50. The highest BCUT2D eigenvalue weighted by Gasteiger charge is 2.14. The molecule has 0 unspecified atom stereocenters. The molecule has 0 saturated carbocycles. The molecule has 1 aromatic carbocycles. The first-order valence-corrected chi connectivity index (χ1v) is 8.15. The highest BCUT2D eigenvalue weighted by Crippen LogP contribution is 2.28. The van der Waals surface area contributed by atoms with Crippen LogP contribution in [0, 0.1) is 23.7 Å². The van der Waals surface area contributed by atoms with Crippen molar-refractivity contribution in [1.82, 2.24) is 9.97 Å². The van der Waals surface area contributed by atoms with Crippen molar-refractivity contribution in [2.24, 2.45) is 0 Å². The summed E-state index contributed by atoms with van der Waals surface area (Å²) >= 11 is 1.31. The van der Waals surface area contributed by atoms with Gasteiger partial charge in [0, 0.05) is 5.56 Å². The third-order valence-corrected chi connectivity index (χ3v) is 3.81. The summed E-state index contributed by atoms with van der Waals surface area (Å²) in [5.41, 5.74) is 1.58. The summed E-state index contributed by atoms with van der Waals surface area (Å²) < 4.78 is 5.50. The average Bonchev–Trinajstić information content (AvgIpc) is 2.58. The highest BCUT2D eigenvalue weighted by atomic mass is 32.2. The Hall–Kier alpha value is -2.70. The van der Waals surface area contributed by atoms with E-state index in [1.54, 1.807) is 12.1 Å². The van der Waals surface area contributed by atoms with Gasteiger partial charge in [0.05, 0.1) is 5.69 Å². The molecule has 0 spiro atoms. The maximum absolute atomic E-state index is 12.0. The topological polar surface area (TPSA) is 78.8 Å². The minimum Gasteiger partial charge on any atom is -0.481 e. The molecular weight excluding hydrogens is 310 g/mol. The van der Waals surface area contributed by atoms with Crippen LogP contribution >= 0.6 is 11.8 Å². The molecule has 0 saturated heterocycles. The van der Waals surface area contributed by atoms with Crippen LogP contribution in [0.3, 0.4) is 0 Å². The van der Waals surface area contributed by atoms with Gasteiger partial charge < -0.3 is 9.72 Å². The first kappa shape index (κ1) is 16.7. The summed E-state index contributed by atoms with van der Waals surface area (Å²) in [6, 6.07) is 7.36. The third-order valence-electron chi connectivity index (χ3n) is 3.23. The quantitative estimate of drug-likeness (QED) is 0.519. The fourth-order valence-electron chi connectivity index (χ4n) is 2.13. The van der Waals surface area contributed by atoms with Crippen LogP contribution in [0.25, 0.3) is 11.3 Å². The van der Waals surface area contributed by atoms with E-state index < -0.39 is 5.56 Å². The summed E-state index contributed by atoms with van der Waals surface area (Å²) in [5.74, 6) is 3.13. The number of hydrogen-bond donors (Lipinski definition) is 1. The van der Waals surface area contributed by atoms with E-state index in [1.807, 2.05) is 25.3 Å². The van der Waals surface area contributed by atoms with E-state index in [0.717, 1.165) is 12.0 Å². The van der Waals surface area contributed by atoms with Crippen molar-refractivity contribution in [2.75, 3.05) is 12.9 Å². The van der Waals surface area contributed by atoms with Gasteiger partial charge in [-0.25, -0.2) is 4.98 Å². The number of rotatable bonds is 5. The zero-order valence-corrected chi connectivity index (χ0v) is 13.7. The second-order valence-corrected chi connectivity index (χ2v) is 5.37. The van der Waals surface area contributed by atoms with Gasteiger partial charge in [-0.05, 0) is 36.4 Å². The summed E-state index contributed by atoms with van der Waals surface area (Å²) in [6.45, 7) is 2.18. The van der Waals surface area contributed by atoms with Crippen LogP contribution in [0.15, 0.2) is 28.2 Å². The molecule has 1 N–H and O–H groups in total. The Bertz CT molecular complexity index is 860. The molecule has 0 bridgehead atoms. The van der Waals surface area contributed by atoms with Crippen molar-refractivity contribution < 1.29 is 4.74 Å². The number of nitriles is 1. The number of aromatic nitrogens is 2. The molecule has 0 atom stereocenters. The van der Waals surface area contributed by atoms with E-state index in [1.165, 1.54) is 11.8 Å². The van der Waals surface area contributed by atoms with Gasteiger partial charge in [-0.3, -0.25) is 4.79 Å². The molecule has 0 fully saturated rings. The highest BCUT2D eigenvalue weighted by molar-refractivity contribution is 7.98. The molecule has 116 valence electrons. The number of nitrogens with one attached hydrogen (secondary N) is 1. The number of benzene rings is 1. The molecule has 2 aromatic rings. The maximum atomic E-state index is 12.0. The minimum absolute atomic E-state index is 0.00199. The number of ether oxygens (including phenoxy) is 1. The van der Waals surface area contributed by atoms with Crippen LogP contribution in [0.1, 0.15) is 18.1 Å². The Morgan fingerprint density at radius 3 is 2.87 bits per heavy atom. The molecule has 0 aliphatic rings. The van der Waals surface area contributed by atoms with Crippen molar-refractivity contribution in [3.05, 3.63) is 39.7 Å². The second kappa shape index (κ2) is 7.53. The second-order valence-electron chi connectivity index (χ2n) is 4.58. The van der Waals surface area contributed by atoms with E-state index in [4.69, 9.17) is 11.2 Å². The van der Waals surface area contributed by atoms with Crippen LogP contribution in [0.2, 0.25) is 0 Å². The van der Waals surface area contributed by atoms with Gasteiger partial charge in [0.25, 0.3) is 5.56 Å². The van der Waals surface area contributed by atoms with E-state index in [-0.39, 0.29) is 12.2 Å². The number of hydrogen-bond acceptors (Lipinski definition) is 5. The first-order valence-electron chi connectivity index (χ1n) is 6.92. The van der Waals surface area contributed by atoms with Crippen LogP contribution in [0.4, 0.5) is 0 Å². The van der Waals surface area contributed by atoms with Crippen molar-refractivity contribution in [3.63, 3.8) is 0 Å². The fraction of sp³-hybridized carbons (Fsp3) is 0.235. The third kappa shape index (κ3) is 3.56. The number of terminal acetylenes is 1. The lowest BCUT2D eigenvalue weighted by atomic mass is 10.0. The van der Waals surface area contributed by atoms with Gasteiger partial charge in [-0.15, -0.1) is 6.42 Å². The molecule has 2 rings (SSSR count). The normalized spacial score (nSPS) is 9.91.